The molecule has 0 heterocycles. The summed E-state index contributed by atoms with van der Waals surface area (Å²) in [6.07, 6.45) is 87.6. The van der Waals surface area contributed by atoms with Gasteiger partial charge in [-0.1, -0.05) is 331 Å². The maximum absolute atomic E-state index is 13.1. The first-order valence-electron chi connectivity index (χ1n) is 34.8. The van der Waals surface area contributed by atoms with E-state index in [0.717, 1.165) is 70.6 Å². The van der Waals surface area contributed by atoms with Gasteiger partial charge in [-0.3, -0.25) is 13.8 Å². The molecule has 3 atom stereocenters. The molecule has 1 amide bonds. The van der Waals surface area contributed by atoms with Crippen molar-refractivity contribution in [2.75, 3.05) is 40.9 Å². The van der Waals surface area contributed by atoms with Gasteiger partial charge in [-0.25, -0.2) is 4.57 Å². The summed E-state index contributed by atoms with van der Waals surface area (Å²) in [6.45, 7) is 4.74. The molecule has 0 saturated heterocycles. The topological polar surface area (TPSA) is 105 Å². The number of aliphatic hydroxyl groups excluding tert-OH is 1. The van der Waals surface area contributed by atoms with Crippen LogP contribution in [0.5, 0.6) is 0 Å². The molecule has 0 aromatic carbocycles. The normalized spacial score (nSPS) is 14.1. The number of phosphoric ester groups is 1. The Morgan fingerprint density at radius 2 is 0.741 bits per heavy atom. The highest BCUT2D eigenvalue weighted by Gasteiger charge is 2.28. The molecule has 8 nitrogen and oxygen atoms in total. The van der Waals surface area contributed by atoms with Crippen LogP contribution in [0.25, 0.3) is 0 Å². The zero-order valence-corrected chi connectivity index (χ0v) is 55.2. The summed E-state index contributed by atoms with van der Waals surface area (Å²) in [5.41, 5.74) is 0. The SMILES string of the molecule is CC/C=C\C/C=C\C/C=C\C/C=C\C/C=C\CCCCCCCCCCCCCCCCCC(=O)NC(COP(=O)(O)OCC[N+](C)(C)C)C(O)/C=C/CCCCCCCCCCCCCCCCCCCCCCCCCCCC. The fourth-order valence-electron chi connectivity index (χ4n) is 10.3. The molecule has 0 aliphatic carbocycles. The van der Waals surface area contributed by atoms with Crippen molar-refractivity contribution in [2.45, 2.75) is 341 Å². The van der Waals surface area contributed by atoms with Crippen LogP contribution in [0.3, 0.4) is 0 Å². The van der Waals surface area contributed by atoms with Gasteiger partial charge < -0.3 is 19.8 Å². The van der Waals surface area contributed by atoms with Gasteiger partial charge in [-0.15, -0.1) is 0 Å². The predicted molar refractivity (Wildman–Crippen MR) is 355 cm³/mol. The Morgan fingerprint density at radius 3 is 1.09 bits per heavy atom. The van der Waals surface area contributed by atoms with E-state index in [-0.39, 0.29) is 19.1 Å². The largest absolute Gasteiger partial charge is 0.472 e. The fourth-order valence-corrected chi connectivity index (χ4v) is 11.0. The van der Waals surface area contributed by atoms with Gasteiger partial charge in [0.1, 0.15) is 13.2 Å². The van der Waals surface area contributed by atoms with Crippen molar-refractivity contribution >= 4 is 13.7 Å². The first kappa shape index (κ1) is 78.9. The van der Waals surface area contributed by atoms with Gasteiger partial charge in [-0.05, 0) is 64.2 Å². The third-order valence-corrected chi connectivity index (χ3v) is 16.7. The molecule has 0 aliphatic heterocycles. The van der Waals surface area contributed by atoms with Gasteiger partial charge in [0.15, 0.2) is 0 Å². The van der Waals surface area contributed by atoms with Gasteiger partial charge in [0.25, 0.3) is 0 Å². The highest BCUT2D eigenvalue weighted by atomic mass is 31.2. The Kier molecular flexibility index (Phi) is 60.9. The van der Waals surface area contributed by atoms with Crippen LogP contribution in [0.1, 0.15) is 328 Å². The van der Waals surface area contributed by atoms with Crippen molar-refractivity contribution in [3.8, 4) is 0 Å². The van der Waals surface area contributed by atoms with Gasteiger partial charge in [-0.2, -0.15) is 0 Å². The van der Waals surface area contributed by atoms with E-state index >= 15 is 0 Å². The summed E-state index contributed by atoms with van der Waals surface area (Å²) in [6, 6.07) is -0.851. The number of hydrogen-bond donors (Lipinski definition) is 3. The maximum atomic E-state index is 13.1. The molecule has 0 aromatic rings. The number of carbonyl (C=O) groups excluding carboxylic acids is 1. The number of nitrogens with zero attached hydrogens (tertiary/aromatic N) is 1. The molecule has 474 valence electrons. The summed E-state index contributed by atoms with van der Waals surface area (Å²) in [7, 11) is 1.58. The van der Waals surface area contributed by atoms with Crippen LogP contribution in [0.2, 0.25) is 0 Å². The number of rotatable bonds is 64. The van der Waals surface area contributed by atoms with Gasteiger partial charge in [0.2, 0.25) is 5.91 Å². The Bertz CT molecular complexity index is 1550. The van der Waals surface area contributed by atoms with E-state index in [1.807, 2.05) is 27.2 Å². The fraction of sp³-hybridized carbons (Fsp3) is 0.819. The van der Waals surface area contributed by atoms with Gasteiger partial charge >= 0.3 is 7.82 Å². The van der Waals surface area contributed by atoms with E-state index in [9.17, 15) is 19.4 Å². The number of nitrogens with one attached hydrogen (secondary N) is 1. The molecule has 0 aliphatic rings. The summed E-state index contributed by atoms with van der Waals surface area (Å²) in [5.74, 6) is -0.175. The van der Waals surface area contributed by atoms with Crippen LogP contribution >= 0.6 is 7.82 Å². The average molecular weight is 1160 g/mol. The summed E-state index contributed by atoms with van der Waals surface area (Å²) in [4.78, 5) is 23.4. The minimum atomic E-state index is -4.36. The lowest BCUT2D eigenvalue weighted by Crippen LogP contribution is -2.45. The third kappa shape index (κ3) is 65.3. The molecular weight excluding hydrogens is 1020 g/mol. The summed E-state index contributed by atoms with van der Waals surface area (Å²) < 4.78 is 23.8. The number of unbranched alkanes of at least 4 members (excludes halogenated alkanes) is 41. The Hall–Kier alpha value is -2.06. The minimum Gasteiger partial charge on any atom is -0.387 e. The number of likely N-dealkylation sites (N-methyl/N-ethyl adjacent to an activating group) is 1. The van der Waals surface area contributed by atoms with Crippen LogP contribution in [-0.4, -0.2) is 73.4 Å². The third-order valence-electron chi connectivity index (χ3n) is 15.7. The predicted octanol–water partition coefficient (Wildman–Crippen LogP) is 22.2. The Labute approximate surface area is 504 Å². The molecule has 0 aromatic heterocycles. The molecule has 3 unspecified atom stereocenters. The van der Waals surface area contributed by atoms with E-state index in [1.165, 1.54) is 238 Å². The molecule has 0 spiro atoms. The van der Waals surface area contributed by atoms with Gasteiger partial charge in [0.05, 0.1) is 39.9 Å². The second-order valence-corrected chi connectivity index (χ2v) is 26.3. The van der Waals surface area contributed by atoms with Crippen molar-refractivity contribution in [3.05, 3.63) is 72.9 Å². The number of quaternary nitrogens is 1. The molecule has 0 bridgehead atoms. The smallest absolute Gasteiger partial charge is 0.387 e. The zero-order valence-electron chi connectivity index (χ0n) is 54.3. The molecule has 0 saturated carbocycles. The molecule has 0 radical (unpaired) electrons. The lowest BCUT2D eigenvalue weighted by molar-refractivity contribution is -0.870. The van der Waals surface area contributed by atoms with Crippen LogP contribution in [0.4, 0.5) is 0 Å². The van der Waals surface area contributed by atoms with Crippen molar-refractivity contribution in [1.82, 2.24) is 5.32 Å². The molecular formula is C72H136N2O6P+. The molecule has 0 rings (SSSR count). The van der Waals surface area contributed by atoms with E-state index < -0.39 is 20.0 Å². The molecule has 3 N–H and O–H groups in total. The molecule has 9 heteroatoms. The summed E-state index contributed by atoms with van der Waals surface area (Å²) in [5, 5.41) is 14.0. The lowest BCUT2D eigenvalue weighted by Gasteiger charge is -2.25. The van der Waals surface area contributed by atoms with Gasteiger partial charge in [0, 0.05) is 6.42 Å². The standard InChI is InChI=1S/C72H135N2O6P/c1-6-8-10-12-14-16-18-20-22-24-26-28-30-32-34-36-37-38-40-42-44-46-48-50-52-54-56-58-60-62-64-66-72(76)73-70(69-80-81(77,78)79-68-67-74(3,4)5)71(75)65-63-61-59-57-55-53-51-49-47-45-43-41-39-35-33-31-29-27-25-23-21-19-17-15-13-11-9-7-2/h8,10,14,16,20,22,26,28,32,34,63,65,70-71,75H,6-7,9,11-13,15,17-19,21,23-25,27,29-31,33,35-62,64,66-69H2,1-5H3,(H-,73,76,77,78)/p+1/b10-8-,16-14-,22-20-,28-26-,34-32-,65-63+. The number of aliphatic hydroxyl groups is 1. The lowest BCUT2D eigenvalue weighted by atomic mass is 10.0. The molecule has 0 fully saturated rings. The molecule has 81 heavy (non-hydrogen) atoms. The Balaban J connectivity index is 4.08. The monoisotopic (exact) mass is 1160 g/mol. The number of amides is 1. The van der Waals surface area contributed by atoms with E-state index in [4.69, 9.17) is 9.05 Å². The van der Waals surface area contributed by atoms with Crippen LogP contribution in [0.15, 0.2) is 72.9 Å². The van der Waals surface area contributed by atoms with Crippen molar-refractivity contribution in [3.63, 3.8) is 0 Å². The van der Waals surface area contributed by atoms with Crippen LogP contribution in [-0.2, 0) is 18.4 Å². The first-order valence-corrected chi connectivity index (χ1v) is 36.3. The minimum absolute atomic E-state index is 0.0606. The van der Waals surface area contributed by atoms with Crippen molar-refractivity contribution < 1.29 is 32.9 Å². The van der Waals surface area contributed by atoms with Crippen LogP contribution < -0.4 is 5.32 Å². The van der Waals surface area contributed by atoms with E-state index in [2.05, 4.69) is 79.9 Å². The van der Waals surface area contributed by atoms with Crippen LogP contribution in [0, 0.1) is 0 Å². The number of carbonyl (C=O) groups is 1. The highest BCUT2D eigenvalue weighted by molar-refractivity contribution is 7.47. The number of hydrogen-bond acceptors (Lipinski definition) is 5. The zero-order chi connectivity index (χ0) is 59.1. The number of phosphoric acid groups is 1. The van der Waals surface area contributed by atoms with E-state index in [1.54, 1.807) is 6.08 Å². The maximum Gasteiger partial charge on any atom is 0.472 e. The van der Waals surface area contributed by atoms with E-state index in [0.29, 0.717) is 17.4 Å². The quantitative estimate of drug-likeness (QED) is 0.0243. The average Bonchev–Trinajstić information content (AvgIpc) is 3.43. The highest BCUT2D eigenvalue weighted by Crippen LogP contribution is 2.43. The van der Waals surface area contributed by atoms with Crippen molar-refractivity contribution in [1.29, 1.82) is 0 Å². The second kappa shape index (κ2) is 62.5. The van der Waals surface area contributed by atoms with Crippen molar-refractivity contribution in [2.24, 2.45) is 0 Å². The Morgan fingerprint density at radius 1 is 0.432 bits per heavy atom. The second-order valence-electron chi connectivity index (χ2n) is 24.9. The number of allylic oxidation sites excluding steroid dienone is 11. The first-order chi connectivity index (χ1) is 39.5. The summed E-state index contributed by atoms with van der Waals surface area (Å²) >= 11 is 0.